The highest BCUT2D eigenvalue weighted by molar-refractivity contribution is 5.91. The Balaban J connectivity index is 1.53. The molecule has 0 atom stereocenters. The van der Waals surface area contributed by atoms with E-state index in [-0.39, 0.29) is 18.3 Å². The maximum atomic E-state index is 13.2. The Morgan fingerprint density at radius 2 is 1.96 bits per heavy atom. The molecule has 0 bridgehead atoms. The number of aryl methyl sites for hydroxylation is 2. The van der Waals surface area contributed by atoms with Crippen LogP contribution in [0.15, 0.2) is 67.0 Å². The van der Waals surface area contributed by atoms with Crippen LogP contribution in [0.1, 0.15) is 23.1 Å². The van der Waals surface area contributed by atoms with Crippen molar-refractivity contribution in [3.63, 3.8) is 0 Å². The molecule has 0 aliphatic heterocycles. The van der Waals surface area contributed by atoms with Crippen molar-refractivity contribution < 1.29 is 13.9 Å². The maximum Gasteiger partial charge on any atom is 0.224 e. The molecule has 5 heteroatoms. The van der Waals surface area contributed by atoms with Gasteiger partial charge in [-0.05, 0) is 66.4 Å². The largest absolute Gasteiger partial charge is 0.489 e. The van der Waals surface area contributed by atoms with E-state index < -0.39 is 0 Å². The minimum absolute atomic E-state index is 0.0459. The molecule has 0 fully saturated rings. The standard InChI is InChI=1S/C22H21FN2O2/c1-16-12-20(27-15-18-4-2-6-19(23)13-18)8-9-21(16)25-22(26)10-7-17-5-3-11-24-14-17/h2-6,8-9,11-14H,7,10,15H2,1H3,(H,25,26). The van der Waals surface area contributed by atoms with E-state index in [0.717, 1.165) is 22.4 Å². The molecular weight excluding hydrogens is 343 g/mol. The number of pyridine rings is 1. The average Bonchev–Trinajstić information content (AvgIpc) is 2.67. The average molecular weight is 364 g/mol. The van der Waals surface area contributed by atoms with Gasteiger partial charge in [-0.1, -0.05) is 18.2 Å². The molecule has 1 N–H and O–H groups in total. The van der Waals surface area contributed by atoms with Crippen LogP contribution in [0.2, 0.25) is 0 Å². The first-order valence-electron chi connectivity index (χ1n) is 8.77. The summed E-state index contributed by atoms with van der Waals surface area (Å²) in [6.45, 7) is 2.19. The zero-order valence-electron chi connectivity index (χ0n) is 15.1. The summed E-state index contributed by atoms with van der Waals surface area (Å²) in [6.07, 6.45) is 4.52. The third kappa shape index (κ3) is 5.64. The Kier molecular flexibility index (Phi) is 6.15. The maximum absolute atomic E-state index is 13.2. The molecule has 0 unspecified atom stereocenters. The van der Waals surface area contributed by atoms with Crippen molar-refractivity contribution in [1.82, 2.24) is 4.98 Å². The highest BCUT2D eigenvalue weighted by Gasteiger charge is 2.07. The number of halogens is 1. The van der Waals surface area contributed by atoms with Gasteiger partial charge in [0.1, 0.15) is 18.2 Å². The van der Waals surface area contributed by atoms with Crippen molar-refractivity contribution in [2.24, 2.45) is 0 Å². The number of amides is 1. The molecule has 0 spiro atoms. The van der Waals surface area contributed by atoms with Gasteiger partial charge in [-0.25, -0.2) is 4.39 Å². The third-order valence-electron chi connectivity index (χ3n) is 4.13. The molecule has 27 heavy (non-hydrogen) atoms. The smallest absolute Gasteiger partial charge is 0.224 e. The number of carbonyl (C=O) groups is 1. The van der Waals surface area contributed by atoms with Gasteiger partial charge in [0, 0.05) is 24.5 Å². The molecule has 0 radical (unpaired) electrons. The van der Waals surface area contributed by atoms with Crippen molar-refractivity contribution in [2.75, 3.05) is 5.32 Å². The van der Waals surface area contributed by atoms with Crippen LogP contribution in [-0.2, 0) is 17.8 Å². The molecular formula is C22H21FN2O2. The van der Waals surface area contributed by atoms with E-state index in [1.54, 1.807) is 24.5 Å². The lowest BCUT2D eigenvalue weighted by Crippen LogP contribution is -2.13. The van der Waals surface area contributed by atoms with Crippen LogP contribution in [0.3, 0.4) is 0 Å². The Bertz CT molecular complexity index is 913. The van der Waals surface area contributed by atoms with Crippen LogP contribution < -0.4 is 10.1 Å². The third-order valence-corrected chi connectivity index (χ3v) is 4.13. The summed E-state index contributed by atoms with van der Waals surface area (Å²) >= 11 is 0. The van der Waals surface area contributed by atoms with Gasteiger partial charge in [0.25, 0.3) is 0 Å². The van der Waals surface area contributed by atoms with Crippen molar-refractivity contribution in [3.05, 3.63) is 89.5 Å². The summed E-state index contributed by atoms with van der Waals surface area (Å²) < 4.78 is 18.9. The number of nitrogens with zero attached hydrogens (tertiary/aromatic N) is 1. The molecule has 2 aromatic carbocycles. The minimum Gasteiger partial charge on any atom is -0.489 e. The topological polar surface area (TPSA) is 51.2 Å². The van der Waals surface area contributed by atoms with Gasteiger partial charge in [-0.3, -0.25) is 9.78 Å². The number of ether oxygens (including phenoxy) is 1. The number of benzene rings is 2. The lowest BCUT2D eigenvalue weighted by molar-refractivity contribution is -0.116. The highest BCUT2D eigenvalue weighted by Crippen LogP contribution is 2.22. The van der Waals surface area contributed by atoms with Crippen LogP contribution >= 0.6 is 0 Å². The Labute approximate surface area is 158 Å². The lowest BCUT2D eigenvalue weighted by atomic mass is 10.1. The van der Waals surface area contributed by atoms with E-state index in [1.165, 1.54) is 12.1 Å². The number of nitrogens with one attached hydrogen (secondary N) is 1. The number of rotatable bonds is 7. The van der Waals surface area contributed by atoms with Gasteiger partial charge >= 0.3 is 0 Å². The Morgan fingerprint density at radius 3 is 2.70 bits per heavy atom. The predicted octanol–water partition coefficient (Wildman–Crippen LogP) is 4.68. The number of anilines is 1. The van der Waals surface area contributed by atoms with Crippen LogP contribution in [0, 0.1) is 12.7 Å². The van der Waals surface area contributed by atoms with Gasteiger partial charge in [-0.2, -0.15) is 0 Å². The SMILES string of the molecule is Cc1cc(OCc2cccc(F)c2)ccc1NC(=O)CCc1cccnc1. The fraction of sp³-hybridized carbons (Fsp3) is 0.182. The molecule has 0 aliphatic rings. The summed E-state index contributed by atoms with van der Waals surface area (Å²) in [4.78, 5) is 16.2. The van der Waals surface area contributed by atoms with Gasteiger partial charge in [0.15, 0.2) is 0 Å². The lowest BCUT2D eigenvalue weighted by Gasteiger charge is -2.12. The zero-order valence-corrected chi connectivity index (χ0v) is 15.1. The van der Waals surface area contributed by atoms with E-state index in [1.807, 2.05) is 37.3 Å². The first kappa shape index (κ1) is 18.6. The van der Waals surface area contributed by atoms with Crippen LogP contribution in [-0.4, -0.2) is 10.9 Å². The summed E-state index contributed by atoms with van der Waals surface area (Å²) in [7, 11) is 0. The van der Waals surface area contributed by atoms with Gasteiger partial charge in [0.2, 0.25) is 5.91 Å². The van der Waals surface area contributed by atoms with Crippen molar-refractivity contribution in [1.29, 1.82) is 0 Å². The molecule has 0 saturated carbocycles. The monoisotopic (exact) mass is 364 g/mol. The zero-order chi connectivity index (χ0) is 19.1. The second-order valence-electron chi connectivity index (χ2n) is 6.30. The highest BCUT2D eigenvalue weighted by atomic mass is 19.1. The van der Waals surface area contributed by atoms with Crippen molar-refractivity contribution in [2.45, 2.75) is 26.4 Å². The first-order chi connectivity index (χ1) is 13.1. The van der Waals surface area contributed by atoms with Crippen molar-refractivity contribution in [3.8, 4) is 5.75 Å². The van der Waals surface area contributed by atoms with Gasteiger partial charge in [-0.15, -0.1) is 0 Å². The number of carbonyl (C=O) groups excluding carboxylic acids is 1. The molecule has 1 heterocycles. The van der Waals surface area contributed by atoms with Gasteiger partial charge in [0.05, 0.1) is 0 Å². The van der Waals surface area contributed by atoms with E-state index in [2.05, 4.69) is 10.3 Å². The molecule has 0 aliphatic carbocycles. The summed E-state index contributed by atoms with van der Waals surface area (Å²) in [5.41, 5.74) is 3.46. The van der Waals surface area contributed by atoms with Crippen LogP contribution in [0.25, 0.3) is 0 Å². The van der Waals surface area contributed by atoms with E-state index in [9.17, 15) is 9.18 Å². The van der Waals surface area contributed by atoms with E-state index >= 15 is 0 Å². The first-order valence-corrected chi connectivity index (χ1v) is 8.77. The quantitative estimate of drug-likeness (QED) is 0.662. The summed E-state index contributed by atoms with van der Waals surface area (Å²) in [5.74, 6) is 0.345. The molecule has 1 amide bonds. The van der Waals surface area contributed by atoms with E-state index in [0.29, 0.717) is 18.6 Å². The van der Waals surface area contributed by atoms with Crippen LogP contribution in [0.4, 0.5) is 10.1 Å². The molecule has 3 rings (SSSR count). The second kappa shape index (κ2) is 8.94. The Morgan fingerprint density at radius 1 is 1.11 bits per heavy atom. The molecule has 0 saturated heterocycles. The van der Waals surface area contributed by atoms with Gasteiger partial charge < -0.3 is 10.1 Å². The number of aromatic nitrogens is 1. The fourth-order valence-electron chi connectivity index (χ4n) is 2.68. The molecule has 3 aromatic rings. The molecule has 1 aromatic heterocycles. The number of hydrogen-bond donors (Lipinski definition) is 1. The molecule has 138 valence electrons. The number of hydrogen-bond acceptors (Lipinski definition) is 3. The minimum atomic E-state index is -0.281. The predicted molar refractivity (Wildman–Crippen MR) is 103 cm³/mol. The normalized spacial score (nSPS) is 10.4. The summed E-state index contributed by atoms with van der Waals surface area (Å²) in [6, 6.07) is 15.6. The van der Waals surface area contributed by atoms with Crippen LogP contribution in [0.5, 0.6) is 5.75 Å². The summed E-state index contributed by atoms with van der Waals surface area (Å²) in [5, 5.41) is 2.92. The second-order valence-corrected chi connectivity index (χ2v) is 6.30. The molecule has 4 nitrogen and oxygen atoms in total. The Hall–Kier alpha value is -3.21. The fourth-order valence-corrected chi connectivity index (χ4v) is 2.68. The van der Waals surface area contributed by atoms with E-state index in [4.69, 9.17) is 4.74 Å². The van der Waals surface area contributed by atoms with Crippen molar-refractivity contribution >= 4 is 11.6 Å².